The van der Waals surface area contributed by atoms with Crippen molar-refractivity contribution in [3.8, 4) is 10.4 Å². The quantitative estimate of drug-likeness (QED) is 0.665. The Morgan fingerprint density at radius 1 is 1.26 bits per heavy atom. The lowest BCUT2D eigenvalue weighted by Crippen LogP contribution is -2.20. The van der Waals surface area contributed by atoms with E-state index in [9.17, 15) is 9.18 Å². The number of benzene rings is 1. The number of nitrogens with one attached hydrogen (secondary N) is 1. The van der Waals surface area contributed by atoms with E-state index < -0.39 is 0 Å². The molecule has 27 heavy (non-hydrogen) atoms. The SMILES string of the molecule is O=C(/C=C/c1ccc(-c2ccccc2F)s1)NCc1cn2c(n1)CCCC2. The molecule has 1 aromatic carbocycles. The molecule has 1 aliphatic rings. The molecule has 3 heterocycles. The first-order chi connectivity index (χ1) is 13.2. The van der Waals surface area contributed by atoms with Crippen molar-refractivity contribution in [3.05, 3.63) is 70.9 Å². The smallest absolute Gasteiger partial charge is 0.244 e. The molecule has 138 valence electrons. The van der Waals surface area contributed by atoms with Crippen LogP contribution in [0.2, 0.25) is 0 Å². The van der Waals surface area contributed by atoms with Crippen LogP contribution in [0.25, 0.3) is 16.5 Å². The monoisotopic (exact) mass is 381 g/mol. The number of carbonyl (C=O) groups is 1. The highest BCUT2D eigenvalue weighted by molar-refractivity contribution is 7.16. The van der Waals surface area contributed by atoms with E-state index in [1.54, 1.807) is 18.2 Å². The molecular weight excluding hydrogens is 361 g/mol. The second-order valence-electron chi connectivity index (χ2n) is 6.53. The Balaban J connectivity index is 1.35. The summed E-state index contributed by atoms with van der Waals surface area (Å²) < 4.78 is 16.0. The Bertz CT molecular complexity index is 965. The van der Waals surface area contributed by atoms with E-state index in [2.05, 4.69) is 14.9 Å². The molecule has 0 radical (unpaired) electrons. The molecule has 0 unspecified atom stereocenters. The number of carbonyl (C=O) groups excluding carboxylic acids is 1. The molecule has 6 heteroatoms. The maximum Gasteiger partial charge on any atom is 0.244 e. The summed E-state index contributed by atoms with van der Waals surface area (Å²) in [6.45, 7) is 1.44. The fourth-order valence-electron chi connectivity index (χ4n) is 3.20. The summed E-state index contributed by atoms with van der Waals surface area (Å²) in [6, 6.07) is 10.5. The van der Waals surface area contributed by atoms with E-state index in [4.69, 9.17) is 0 Å². The van der Waals surface area contributed by atoms with Crippen molar-refractivity contribution in [2.75, 3.05) is 0 Å². The zero-order chi connectivity index (χ0) is 18.6. The average Bonchev–Trinajstić information content (AvgIpc) is 3.31. The first-order valence-electron chi connectivity index (χ1n) is 9.04. The number of hydrogen-bond acceptors (Lipinski definition) is 3. The van der Waals surface area contributed by atoms with Gasteiger partial charge in [-0.2, -0.15) is 0 Å². The van der Waals surface area contributed by atoms with Crippen LogP contribution in [0.4, 0.5) is 4.39 Å². The molecule has 0 fully saturated rings. The van der Waals surface area contributed by atoms with Gasteiger partial charge in [-0.25, -0.2) is 9.37 Å². The Morgan fingerprint density at radius 3 is 3.00 bits per heavy atom. The molecule has 4 nitrogen and oxygen atoms in total. The predicted octanol–water partition coefficient (Wildman–Crippen LogP) is 4.42. The van der Waals surface area contributed by atoms with Crippen molar-refractivity contribution >= 4 is 23.3 Å². The molecular formula is C21H20FN3OS. The van der Waals surface area contributed by atoms with E-state index in [1.165, 1.54) is 36.3 Å². The minimum absolute atomic E-state index is 0.165. The Kier molecular flexibility index (Phi) is 5.16. The molecule has 2 aromatic heterocycles. The third kappa shape index (κ3) is 4.17. The number of rotatable bonds is 5. The maximum absolute atomic E-state index is 13.9. The van der Waals surface area contributed by atoms with Gasteiger partial charge in [0.15, 0.2) is 0 Å². The molecule has 0 saturated carbocycles. The zero-order valence-electron chi connectivity index (χ0n) is 14.8. The van der Waals surface area contributed by atoms with Crippen LogP contribution >= 0.6 is 11.3 Å². The van der Waals surface area contributed by atoms with Crippen LogP contribution in [0.5, 0.6) is 0 Å². The van der Waals surface area contributed by atoms with E-state index in [0.717, 1.165) is 34.2 Å². The van der Waals surface area contributed by atoms with Crippen molar-refractivity contribution in [1.82, 2.24) is 14.9 Å². The number of nitrogens with zero attached hydrogens (tertiary/aromatic N) is 2. The van der Waals surface area contributed by atoms with Gasteiger partial charge in [-0.15, -0.1) is 11.3 Å². The minimum atomic E-state index is -0.240. The number of amides is 1. The van der Waals surface area contributed by atoms with Crippen LogP contribution in [0.1, 0.15) is 29.2 Å². The van der Waals surface area contributed by atoms with Gasteiger partial charge in [0.1, 0.15) is 11.6 Å². The van der Waals surface area contributed by atoms with Crippen LogP contribution in [0.3, 0.4) is 0 Å². The fourth-order valence-corrected chi connectivity index (χ4v) is 4.14. The summed E-state index contributed by atoms with van der Waals surface area (Å²) >= 11 is 1.45. The fraction of sp³-hybridized carbons (Fsp3) is 0.238. The molecule has 0 aliphatic carbocycles. The molecule has 0 bridgehead atoms. The molecule has 1 N–H and O–H groups in total. The second-order valence-corrected chi connectivity index (χ2v) is 7.65. The highest BCUT2D eigenvalue weighted by Gasteiger charge is 2.12. The molecule has 1 amide bonds. The van der Waals surface area contributed by atoms with E-state index in [-0.39, 0.29) is 11.7 Å². The standard InChI is InChI=1S/C21H20FN3OS/c22-18-6-2-1-5-17(18)19-10-8-16(27-19)9-11-21(26)23-13-15-14-25-12-4-3-7-20(25)24-15/h1-2,5-6,8-11,14H,3-4,7,12-13H2,(H,23,26)/b11-9+. The van der Waals surface area contributed by atoms with Crippen LogP contribution in [-0.4, -0.2) is 15.5 Å². The third-order valence-electron chi connectivity index (χ3n) is 4.57. The lowest BCUT2D eigenvalue weighted by atomic mass is 10.2. The summed E-state index contributed by atoms with van der Waals surface area (Å²) in [7, 11) is 0. The summed E-state index contributed by atoms with van der Waals surface area (Å²) in [4.78, 5) is 18.4. The number of imidazole rings is 1. The van der Waals surface area contributed by atoms with Crippen LogP contribution in [0.15, 0.2) is 48.7 Å². The van der Waals surface area contributed by atoms with Gasteiger partial charge in [-0.3, -0.25) is 4.79 Å². The van der Waals surface area contributed by atoms with E-state index in [0.29, 0.717) is 12.1 Å². The van der Waals surface area contributed by atoms with Gasteiger partial charge in [-0.05, 0) is 37.1 Å². The first-order valence-corrected chi connectivity index (χ1v) is 9.86. The topological polar surface area (TPSA) is 46.9 Å². The molecule has 0 saturated heterocycles. The number of hydrogen-bond donors (Lipinski definition) is 1. The lowest BCUT2D eigenvalue weighted by molar-refractivity contribution is -0.116. The summed E-state index contributed by atoms with van der Waals surface area (Å²) in [5, 5.41) is 2.87. The molecule has 3 aromatic rings. The van der Waals surface area contributed by atoms with Gasteiger partial charge in [-0.1, -0.05) is 18.2 Å². The summed E-state index contributed by atoms with van der Waals surface area (Å²) in [5.41, 5.74) is 1.47. The van der Waals surface area contributed by atoms with Crippen LogP contribution in [0, 0.1) is 5.82 Å². The van der Waals surface area contributed by atoms with Gasteiger partial charge < -0.3 is 9.88 Å². The maximum atomic E-state index is 13.9. The molecule has 0 spiro atoms. The predicted molar refractivity (Wildman–Crippen MR) is 106 cm³/mol. The highest BCUT2D eigenvalue weighted by Crippen LogP contribution is 2.30. The number of halogens is 1. The summed E-state index contributed by atoms with van der Waals surface area (Å²) in [6.07, 6.45) is 8.67. The van der Waals surface area contributed by atoms with E-state index >= 15 is 0 Å². The third-order valence-corrected chi connectivity index (χ3v) is 5.65. The summed E-state index contributed by atoms with van der Waals surface area (Å²) in [5.74, 6) is 0.706. The highest BCUT2D eigenvalue weighted by atomic mass is 32.1. The Morgan fingerprint density at radius 2 is 2.15 bits per heavy atom. The van der Waals surface area contributed by atoms with Gasteiger partial charge >= 0.3 is 0 Å². The largest absolute Gasteiger partial charge is 0.347 e. The van der Waals surface area contributed by atoms with Crippen molar-refractivity contribution in [1.29, 1.82) is 0 Å². The first kappa shape index (κ1) is 17.7. The Labute approximate surface area is 161 Å². The van der Waals surface area contributed by atoms with Crippen molar-refractivity contribution < 1.29 is 9.18 Å². The average molecular weight is 381 g/mol. The van der Waals surface area contributed by atoms with E-state index in [1.807, 2.05) is 24.4 Å². The second kappa shape index (κ2) is 7.88. The van der Waals surface area contributed by atoms with Gasteiger partial charge in [0.05, 0.1) is 12.2 Å². The van der Waals surface area contributed by atoms with Gasteiger partial charge in [0, 0.05) is 40.6 Å². The van der Waals surface area contributed by atoms with Crippen LogP contribution < -0.4 is 5.32 Å². The molecule has 0 atom stereocenters. The normalized spacial score (nSPS) is 13.7. The number of fused-ring (bicyclic) bond motifs is 1. The van der Waals surface area contributed by atoms with Gasteiger partial charge in [0.2, 0.25) is 5.91 Å². The number of aryl methyl sites for hydroxylation is 2. The van der Waals surface area contributed by atoms with Gasteiger partial charge in [0.25, 0.3) is 0 Å². The van der Waals surface area contributed by atoms with Crippen molar-refractivity contribution in [3.63, 3.8) is 0 Å². The Hall–Kier alpha value is -2.73. The minimum Gasteiger partial charge on any atom is -0.347 e. The lowest BCUT2D eigenvalue weighted by Gasteiger charge is -2.11. The van der Waals surface area contributed by atoms with Crippen molar-refractivity contribution in [2.24, 2.45) is 0 Å². The zero-order valence-corrected chi connectivity index (χ0v) is 15.6. The number of aromatic nitrogens is 2. The van der Waals surface area contributed by atoms with Crippen molar-refractivity contribution in [2.45, 2.75) is 32.4 Å². The number of thiophene rings is 1. The van der Waals surface area contributed by atoms with Crippen LogP contribution in [-0.2, 0) is 24.3 Å². The molecule has 1 aliphatic heterocycles. The molecule has 4 rings (SSSR count).